The number of hydrogen-bond donors (Lipinski definition) is 0. The molecule has 0 amide bonds. The van der Waals surface area contributed by atoms with Crippen molar-refractivity contribution in [1.82, 2.24) is 0 Å². The van der Waals surface area contributed by atoms with E-state index in [0.717, 1.165) is 6.42 Å². The maximum absolute atomic E-state index is 10.5. The van der Waals surface area contributed by atoms with Gasteiger partial charge in [-0.2, -0.15) is 4.58 Å². The first-order chi connectivity index (χ1) is 11.4. The van der Waals surface area contributed by atoms with E-state index in [0.29, 0.717) is 6.42 Å². The number of aliphatic carboxylic acids is 1. The maximum atomic E-state index is 10.5. The van der Waals surface area contributed by atoms with Crippen molar-refractivity contribution in [2.75, 3.05) is 0 Å². The number of carboxylic acid groups (broad SMARTS) is 1. The first-order valence-corrected chi connectivity index (χ1v) is 8.45. The number of carbonyl (C=O) groups is 1. The number of rotatable bonds is 5. The van der Waals surface area contributed by atoms with Gasteiger partial charge in [0.1, 0.15) is 0 Å². The molecule has 0 fully saturated rings. The molecular weight excluding hydrogens is 298 g/mol. The lowest BCUT2D eigenvalue weighted by Gasteiger charge is -2.17. The van der Waals surface area contributed by atoms with E-state index in [4.69, 9.17) is 0 Å². The van der Waals surface area contributed by atoms with Gasteiger partial charge in [-0.3, -0.25) is 0 Å². The molecule has 0 saturated heterocycles. The first kappa shape index (κ1) is 16.4. The molecule has 24 heavy (non-hydrogen) atoms. The van der Waals surface area contributed by atoms with Gasteiger partial charge in [-0.1, -0.05) is 24.3 Å². The summed E-state index contributed by atoms with van der Waals surface area (Å²) in [7, 11) is 0. The number of carbonyl (C=O) groups excluding carboxylic acids is 1. The molecule has 0 N–H and O–H groups in total. The molecule has 0 unspecified atom stereocenters. The summed E-state index contributed by atoms with van der Waals surface area (Å²) in [6, 6.07) is 12.9. The van der Waals surface area contributed by atoms with Gasteiger partial charge in [0.05, 0.1) is 5.41 Å². The van der Waals surface area contributed by atoms with E-state index in [1.807, 2.05) is 6.08 Å². The fourth-order valence-corrected chi connectivity index (χ4v) is 3.52. The highest BCUT2D eigenvalue weighted by atomic mass is 16.4. The van der Waals surface area contributed by atoms with Crippen LogP contribution in [0.2, 0.25) is 0 Å². The van der Waals surface area contributed by atoms with E-state index in [1.165, 1.54) is 27.7 Å². The highest BCUT2D eigenvalue weighted by molar-refractivity contribution is 6.01. The summed E-state index contributed by atoms with van der Waals surface area (Å²) in [5.74, 6) is -0.981. The number of nitrogens with zero attached hydrogens (tertiary/aromatic N) is 1. The van der Waals surface area contributed by atoms with Gasteiger partial charge >= 0.3 is 0 Å². The standard InChI is InChI=1S/C21H23NO2/c1-15-21(2,3)20-17-10-7-6-9-16(17)12-13-18(20)22(15)14-8-4-5-11-19(23)24/h6-10,12-14H,4-5,11H2,1-3H3. The minimum absolute atomic E-state index is 0.0362. The van der Waals surface area contributed by atoms with Crippen LogP contribution in [0.25, 0.3) is 10.8 Å². The van der Waals surface area contributed by atoms with Crippen molar-refractivity contribution in [3.8, 4) is 0 Å². The molecule has 1 aliphatic rings. The summed E-state index contributed by atoms with van der Waals surface area (Å²) in [6.45, 7) is 6.69. The van der Waals surface area contributed by atoms with Gasteiger partial charge < -0.3 is 9.90 Å². The van der Waals surface area contributed by atoms with Gasteiger partial charge in [0, 0.05) is 24.5 Å². The Morgan fingerprint density at radius 2 is 1.96 bits per heavy atom. The molecule has 3 nitrogen and oxygen atoms in total. The molecule has 3 rings (SSSR count). The molecule has 1 heterocycles. The zero-order valence-electron chi connectivity index (χ0n) is 14.5. The first-order valence-electron chi connectivity index (χ1n) is 8.45. The summed E-state index contributed by atoms with van der Waals surface area (Å²) >= 11 is 0. The number of benzene rings is 2. The van der Waals surface area contributed by atoms with Gasteiger partial charge in [0.2, 0.25) is 5.69 Å². The van der Waals surface area contributed by atoms with E-state index in [1.54, 1.807) is 0 Å². The van der Waals surface area contributed by atoms with Crippen molar-refractivity contribution >= 4 is 28.1 Å². The molecule has 3 heteroatoms. The molecule has 0 saturated carbocycles. The van der Waals surface area contributed by atoms with Gasteiger partial charge in [-0.25, -0.2) is 0 Å². The Kier molecular flexibility index (Phi) is 4.27. The topological polar surface area (TPSA) is 43.1 Å². The van der Waals surface area contributed by atoms with E-state index in [9.17, 15) is 9.90 Å². The average molecular weight is 321 g/mol. The lowest BCUT2D eigenvalue weighted by atomic mass is 9.80. The molecule has 1 aliphatic heterocycles. The number of allylic oxidation sites excluding steroid dienone is 1. The van der Waals surface area contributed by atoms with Crippen LogP contribution < -0.4 is 5.11 Å². The van der Waals surface area contributed by atoms with Crippen molar-refractivity contribution in [3.05, 3.63) is 54.2 Å². The Labute approximate surface area is 142 Å². The average Bonchev–Trinajstić information content (AvgIpc) is 2.75. The largest absolute Gasteiger partial charge is 0.550 e. The molecule has 2 aromatic rings. The minimum atomic E-state index is -0.981. The van der Waals surface area contributed by atoms with Crippen molar-refractivity contribution in [2.24, 2.45) is 0 Å². The second-order valence-corrected chi connectivity index (χ2v) is 6.91. The lowest BCUT2D eigenvalue weighted by Crippen LogP contribution is -2.25. The van der Waals surface area contributed by atoms with Crippen LogP contribution in [0.1, 0.15) is 45.6 Å². The van der Waals surface area contributed by atoms with E-state index in [2.05, 4.69) is 67.9 Å². The lowest BCUT2D eigenvalue weighted by molar-refractivity contribution is -0.358. The fourth-order valence-electron chi connectivity index (χ4n) is 3.52. The maximum Gasteiger partial charge on any atom is 0.215 e. The Bertz CT molecular complexity index is 859. The van der Waals surface area contributed by atoms with Crippen LogP contribution in [0.4, 0.5) is 5.69 Å². The van der Waals surface area contributed by atoms with Gasteiger partial charge in [0.25, 0.3) is 0 Å². The zero-order valence-corrected chi connectivity index (χ0v) is 14.5. The van der Waals surface area contributed by atoms with Crippen LogP contribution in [0, 0.1) is 0 Å². The van der Waals surface area contributed by atoms with Gasteiger partial charge in [0.15, 0.2) is 11.9 Å². The Morgan fingerprint density at radius 1 is 1.21 bits per heavy atom. The van der Waals surface area contributed by atoms with Crippen LogP contribution in [-0.2, 0) is 10.2 Å². The van der Waals surface area contributed by atoms with Crippen LogP contribution in [-0.4, -0.2) is 16.3 Å². The molecular formula is C21H23NO2. The summed E-state index contributed by atoms with van der Waals surface area (Å²) in [5.41, 5.74) is 3.82. The van der Waals surface area contributed by atoms with Gasteiger partial charge in [-0.15, -0.1) is 0 Å². The van der Waals surface area contributed by atoms with Crippen LogP contribution in [0.15, 0.2) is 48.7 Å². The minimum Gasteiger partial charge on any atom is -0.550 e. The SMILES string of the molecule is CC1=[N+](C=CCCCC(=O)[O-])c2ccc3ccccc3c2C1(C)C. The normalized spacial score (nSPS) is 16.1. The molecule has 0 spiro atoms. The third kappa shape index (κ3) is 2.75. The number of unbranched alkanes of at least 4 members (excludes halogenated alkanes) is 1. The Morgan fingerprint density at radius 3 is 2.71 bits per heavy atom. The fraction of sp³-hybridized carbons (Fsp3) is 0.333. The predicted octanol–water partition coefficient (Wildman–Crippen LogP) is 3.67. The quantitative estimate of drug-likeness (QED) is 0.623. The smallest absolute Gasteiger partial charge is 0.215 e. The molecule has 124 valence electrons. The molecule has 0 aromatic heterocycles. The molecule has 0 atom stereocenters. The number of hydrogen-bond acceptors (Lipinski definition) is 2. The predicted molar refractivity (Wildman–Crippen MR) is 95.6 cm³/mol. The molecule has 0 radical (unpaired) electrons. The Balaban J connectivity index is 1.98. The van der Waals surface area contributed by atoms with E-state index in [-0.39, 0.29) is 11.8 Å². The van der Waals surface area contributed by atoms with Gasteiger partial charge in [-0.05, 0) is 56.0 Å². The van der Waals surface area contributed by atoms with E-state index < -0.39 is 5.97 Å². The summed E-state index contributed by atoms with van der Waals surface area (Å²) in [4.78, 5) is 10.5. The van der Waals surface area contributed by atoms with Crippen LogP contribution in [0.3, 0.4) is 0 Å². The third-order valence-electron chi connectivity index (χ3n) is 5.06. The van der Waals surface area contributed by atoms with Crippen LogP contribution >= 0.6 is 0 Å². The second-order valence-electron chi connectivity index (χ2n) is 6.91. The second kappa shape index (κ2) is 6.23. The highest BCUT2D eigenvalue weighted by Gasteiger charge is 2.43. The summed E-state index contributed by atoms with van der Waals surface area (Å²) in [6.07, 6.45) is 5.58. The van der Waals surface area contributed by atoms with Crippen molar-refractivity contribution < 1.29 is 14.5 Å². The summed E-state index contributed by atoms with van der Waals surface area (Å²) in [5, 5.41) is 13.1. The monoisotopic (exact) mass is 321 g/mol. The molecule has 2 aromatic carbocycles. The molecule has 0 bridgehead atoms. The van der Waals surface area contributed by atoms with Crippen LogP contribution in [0.5, 0.6) is 0 Å². The zero-order chi connectivity index (χ0) is 17.3. The van der Waals surface area contributed by atoms with Crippen molar-refractivity contribution in [1.29, 1.82) is 0 Å². The number of carboxylic acids is 1. The van der Waals surface area contributed by atoms with Crippen molar-refractivity contribution in [3.63, 3.8) is 0 Å². The van der Waals surface area contributed by atoms with E-state index >= 15 is 0 Å². The molecule has 0 aliphatic carbocycles. The number of fused-ring (bicyclic) bond motifs is 3. The highest BCUT2D eigenvalue weighted by Crippen LogP contribution is 2.43. The Hall–Kier alpha value is -2.42. The van der Waals surface area contributed by atoms with Crippen molar-refractivity contribution in [2.45, 2.75) is 45.4 Å². The third-order valence-corrected chi connectivity index (χ3v) is 5.06. The summed E-state index contributed by atoms with van der Waals surface area (Å²) < 4.78 is 2.24.